The lowest BCUT2D eigenvalue weighted by atomic mass is 10.2. The van der Waals surface area contributed by atoms with Gasteiger partial charge in [-0.05, 0) is 19.8 Å². The molecule has 1 aromatic rings. The largest absolute Gasteiger partial charge is 0.464 e. The summed E-state index contributed by atoms with van der Waals surface area (Å²) in [5.74, 6) is -0.419. The van der Waals surface area contributed by atoms with Crippen LogP contribution >= 0.6 is 0 Å². The summed E-state index contributed by atoms with van der Waals surface area (Å²) in [5, 5.41) is 0. The zero-order valence-electron chi connectivity index (χ0n) is 9.92. The Labute approximate surface area is 102 Å². The molecule has 2 rings (SSSR count). The van der Waals surface area contributed by atoms with E-state index in [9.17, 15) is 14.4 Å². The third-order valence-electron chi connectivity index (χ3n) is 2.71. The number of hydrogen-bond donors (Lipinski definition) is 1. The molecule has 0 aliphatic carbocycles. The predicted molar refractivity (Wildman–Crippen MR) is 61.1 cm³/mol. The van der Waals surface area contributed by atoms with E-state index in [0.717, 1.165) is 0 Å². The van der Waals surface area contributed by atoms with E-state index in [1.54, 1.807) is 6.92 Å². The predicted octanol–water partition coefficient (Wildman–Crippen LogP) is -0.223. The van der Waals surface area contributed by atoms with Gasteiger partial charge in [0.25, 0.3) is 5.56 Å². The fraction of sp³-hybridized carbons (Fsp3) is 0.545. The van der Waals surface area contributed by atoms with Gasteiger partial charge in [-0.25, -0.2) is 9.59 Å². The van der Waals surface area contributed by atoms with Crippen molar-refractivity contribution in [1.82, 2.24) is 9.55 Å². The average Bonchev–Trinajstić information content (AvgIpc) is 2.78. The molecule has 98 valence electrons. The molecule has 0 bridgehead atoms. The van der Waals surface area contributed by atoms with Crippen molar-refractivity contribution in [3.05, 3.63) is 33.1 Å². The Morgan fingerprint density at radius 1 is 1.56 bits per heavy atom. The molecule has 7 heteroatoms. The molecule has 0 unspecified atom stereocenters. The van der Waals surface area contributed by atoms with Crippen LogP contribution in [0.2, 0.25) is 0 Å². The van der Waals surface area contributed by atoms with Crippen LogP contribution in [0, 0.1) is 0 Å². The van der Waals surface area contributed by atoms with Crippen LogP contribution in [-0.4, -0.2) is 28.2 Å². The number of nitrogens with one attached hydrogen (secondary N) is 1. The molecule has 1 aliphatic heterocycles. The number of esters is 1. The minimum absolute atomic E-state index is 0.294. The van der Waals surface area contributed by atoms with Gasteiger partial charge in [-0.1, -0.05) is 0 Å². The third-order valence-corrected chi connectivity index (χ3v) is 2.71. The number of nitrogens with zero attached hydrogens (tertiary/aromatic N) is 1. The summed E-state index contributed by atoms with van der Waals surface area (Å²) in [6.45, 7) is 2.01. The minimum Gasteiger partial charge on any atom is -0.464 e. The van der Waals surface area contributed by atoms with Gasteiger partial charge in [0.1, 0.15) is 6.23 Å². The van der Waals surface area contributed by atoms with Crippen LogP contribution in [0.25, 0.3) is 0 Å². The standard InChI is InChI=1S/C11H14N2O5/c1-2-17-10(15)7-3-4-9(18-7)13-6-5-8(14)12-11(13)16/h5-7,9H,2-4H2,1H3,(H,12,14,16)/t7-,9-/m0/s1. The van der Waals surface area contributed by atoms with Crippen molar-refractivity contribution >= 4 is 5.97 Å². The molecule has 1 aliphatic rings. The molecule has 7 nitrogen and oxygen atoms in total. The highest BCUT2D eigenvalue weighted by Crippen LogP contribution is 2.27. The number of ether oxygens (including phenoxy) is 2. The first-order valence-electron chi connectivity index (χ1n) is 5.75. The maximum atomic E-state index is 11.5. The van der Waals surface area contributed by atoms with Gasteiger partial charge >= 0.3 is 11.7 Å². The van der Waals surface area contributed by atoms with Crippen molar-refractivity contribution in [2.24, 2.45) is 0 Å². The zero-order chi connectivity index (χ0) is 13.1. The lowest BCUT2D eigenvalue weighted by molar-refractivity contribution is -0.157. The SMILES string of the molecule is CCOC(=O)[C@@H]1CC[C@@H](n2ccc(=O)[nH]c2=O)O1. The second-order valence-electron chi connectivity index (χ2n) is 3.93. The molecule has 1 saturated heterocycles. The molecular weight excluding hydrogens is 240 g/mol. The van der Waals surface area contributed by atoms with Gasteiger partial charge in [-0.15, -0.1) is 0 Å². The van der Waals surface area contributed by atoms with E-state index >= 15 is 0 Å². The number of aromatic nitrogens is 2. The molecule has 0 radical (unpaired) electrons. The number of carbonyl (C=O) groups excluding carboxylic acids is 1. The third kappa shape index (κ3) is 2.51. The van der Waals surface area contributed by atoms with Gasteiger partial charge in [0, 0.05) is 12.3 Å². The van der Waals surface area contributed by atoms with Gasteiger partial charge in [0.15, 0.2) is 6.10 Å². The number of aromatic amines is 1. The van der Waals surface area contributed by atoms with E-state index < -0.39 is 29.6 Å². The van der Waals surface area contributed by atoms with E-state index in [4.69, 9.17) is 9.47 Å². The summed E-state index contributed by atoms with van der Waals surface area (Å²) in [6, 6.07) is 1.24. The molecule has 1 N–H and O–H groups in total. The molecule has 0 amide bonds. The van der Waals surface area contributed by atoms with Crippen molar-refractivity contribution in [2.45, 2.75) is 32.1 Å². The fourth-order valence-corrected chi connectivity index (χ4v) is 1.89. The monoisotopic (exact) mass is 254 g/mol. The Bertz CT molecular complexity index is 547. The fourth-order valence-electron chi connectivity index (χ4n) is 1.89. The zero-order valence-corrected chi connectivity index (χ0v) is 9.92. The van der Waals surface area contributed by atoms with Crippen LogP contribution in [0.4, 0.5) is 0 Å². The van der Waals surface area contributed by atoms with Gasteiger partial charge in [-0.3, -0.25) is 14.3 Å². The van der Waals surface area contributed by atoms with Crippen LogP contribution in [0.3, 0.4) is 0 Å². The average molecular weight is 254 g/mol. The van der Waals surface area contributed by atoms with Crippen LogP contribution in [-0.2, 0) is 14.3 Å². The molecule has 0 aromatic carbocycles. The van der Waals surface area contributed by atoms with E-state index in [2.05, 4.69) is 4.98 Å². The van der Waals surface area contributed by atoms with Gasteiger partial charge in [0.05, 0.1) is 6.61 Å². The summed E-state index contributed by atoms with van der Waals surface area (Å²) in [5.41, 5.74) is -1.01. The molecule has 2 atom stereocenters. The molecule has 0 spiro atoms. The highest BCUT2D eigenvalue weighted by molar-refractivity contribution is 5.74. The maximum absolute atomic E-state index is 11.5. The number of rotatable bonds is 3. The first-order valence-corrected chi connectivity index (χ1v) is 5.75. The number of H-pyrrole nitrogens is 1. The number of carbonyl (C=O) groups is 1. The smallest absolute Gasteiger partial charge is 0.335 e. The maximum Gasteiger partial charge on any atom is 0.335 e. The first-order chi connectivity index (χ1) is 8.61. The van der Waals surface area contributed by atoms with Crippen LogP contribution in [0.15, 0.2) is 21.9 Å². The van der Waals surface area contributed by atoms with Gasteiger partial charge < -0.3 is 9.47 Å². The molecule has 2 heterocycles. The Morgan fingerprint density at radius 2 is 2.33 bits per heavy atom. The van der Waals surface area contributed by atoms with Crippen molar-refractivity contribution in [3.63, 3.8) is 0 Å². The van der Waals surface area contributed by atoms with Crippen molar-refractivity contribution in [1.29, 1.82) is 0 Å². The second kappa shape index (κ2) is 5.18. The Balaban J connectivity index is 2.11. The first kappa shape index (κ1) is 12.6. The summed E-state index contributed by atoms with van der Waals surface area (Å²) in [6.07, 6.45) is 1.20. The summed E-state index contributed by atoms with van der Waals surface area (Å²) in [4.78, 5) is 36.1. The summed E-state index contributed by atoms with van der Waals surface area (Å²) >= 11 is 0. The quantitative estimate of drug-likeness (QED) is 0.753. The van der Waals surface area contributed by atoms with E-state index in [1.165, 1.54) is 16.8 Å². The lowest BCUT2D eigenvalue weighted by Crippen LogP contribution is -2.32. The molecule has 18 heavy (non-hydrogen) atoms. The normalized spacial score (nSPS) is 22.9. The Kier molecular flexibility index (Phi) is 3.61. The van der Waals surface area contributed by atoms with Crippen molar-refractivity contribution in [3.8, 4) is 0 Å². The van der Waals surface area contributed by atoms with Crippen molar-refractivity contribution < 1.29 is 14.3 Å². The van der Waals surface area contributed by atoms with Crippen molar-refractivity contribution in [2.75, 3.05) is 6.61 Å². The van der Waals surface area contributed by atoms with E-state index in [1.807, 2.05) is 0 Å². The topological polar surface area (TPSA) is 90.4 Å². The molecule has 1 fully saturated rings. The summed E-state index contributed by atoms with van der Waals surface area (Å²) in [7, 11) is 0. The molecule has 0 saturated carbocycles. The van der Waals surface area contributed by atoms with Gasteiger partial charge in [0.2, 0.25) is 0 Å². The van der Waals surface area contributed by atoms with Crippen LogP contribution < -0.4 is 11.2 Å². The lowest BCUT2D eigenvalue weighted by Gasteiger charge is -2.14. The Hall–Kier alpha value is -1.89. The minimum atomic E-state index is -0.645. The second-order valence-corrected chi connectivity index (χ2v) is 3.93. The van der Waals surface area contributed by atoms with Crippen LogP contribution in [0.5, 0.6) is 0 Å². The molecular formula is C11H14N2O5. The summed E-state index contributed by atoms with van der Waals surface area (Å²) < 4.78 is 11.6. The highest BCUT2D eigenvalue weighted by atomic mass is 16.6. The van der Waals surface area contributed by atoms with E-state index in [-0.39, 0.29) is 0 Å². The van der Waals surface area contributed by atoms with E-state index in [0.29, 0.717) is 19.4 Å². The van der Waals surface area contributed by atoms with Gasteiger partial charge in [-0.2, -0.15) is 0 Å². The highest BCUT2D eigenvalue weighted by Gasteiger charge is 2.33. The Morgan fingerprint density at radius 3 is 3.00 bits per heavy atom. The number of hydrogen-bond acceptors (Lipinski definition) is 5. The molecule has 1 aromatic heterocycles. The van der Waals surface area contributed by atoms with Crippen LogP contribution in [0.1, 0.15) is 26.0 Å².